The minimum absolute atomic E-state index is 0.0660. The minimum Gasteiger partial charge on any atom is -0.489 e. The summed E-state index contributed by atoms with van der Waals surface area (Å²) in [4.78, 5) is 13.6. The third-order valence-corrected chi connectivity index (χ3v) is 2.90. The van der Waals surface area contributed by atoms with Gasteiger partial charge in [0.1, 0.15) is 0 Å². The van der Waals surface area contributed by atoms with Crippen LogP contribution < -0.4 is 9.47 Å². The van der Waals surface area contributed by atoms with Gasteiger partial charge in [0.2, 0.25) is 6.08 Å². The first-order valence-electron chi connectivity index (χ1n) is 5.63. The number of halogens is 1. The Labute approximate surface area is 111 Å². The fraction of sp³-hybridized carbons (Fsp3) is 0.462. The molecule has 0 fully saturated rings. The summed E-state index contributed by atoms with van der Waals surface area (Å²) in [6, 6.07) is 3.52. The first kappa shape index (κ1) is 12.9. The van der Waals surface area contributed by atoms with E-state index in [0.717, 1.165) is 5.56 Å². The third-order valence-electron chi connectivity index (χ3n) is 2.62. The fourth-order valence-corrected chi connectivity index (χ4v) is 1.95. The number of aliphatic imine (C=N–C) groups is 1. The maximum absolute atomic E-state index is 10.1. The Balaban J connectivity index is 2.33. The van der Waals surface area contributed by atoms with Gasteiger partial charge in [-0.05, 0) is 17.7 Å². The summed E-state index contributed by atoms with van der Waals surface area (Å²) in [7, 11) is 0. The van der Waals surface area contributed by atoms with E-state index in [1.54, 1.807) is 12.1 Å². The van der Waals surface area contributed by atoms with E-state index in [1.807, 2.05) is 0 Å². The van der Waals surface area contributed by atoms with Gasteiger partial charge in [-0.15, -0.1) is 0 Å². The Kier molecular flexibility index (Phi) is 3.60. The van der Waals surface area contributed by atoms with Crippen molar-refractivity contribution < 1.29 is 14.3 Å². The van der Waals surface area contributed by atoms with E-state index in [2.05, 4.69) is 18.8 Å². The Bertz CT molecular complexity index is 507. The van der Waals surface area contributed by atoms with Crippen LogP contribution in [0.15, 0.2) is 17.1 Å². The van der Waals surface area contributed by atoms with Crippen LogP contribution in [-0.2, 0) is 11.3 Å². The van der Waals surface area contributed by atoms with E-state index in [9.17, 15) is 4.79 Å². The zero-order chi connectivity index (χ0) is 13.2. The molecule has 1 aromatic carbocycles. The van der Waals surface area contributed by atoms with Crippen molar-refractivity contribution in [2.45, 2.75) is 20.4 Å². The molecule has 0 radical (unpaired) electrons. The van der Waals surface area contributed by atoms with Crippen LogP contribution >= 0.6 is 11.6 Å². The topological polar surface area (TPSA) is 47.9 Å². The summed E-state index contributed by atoms with van der Waals surface area (Å²) in [6.07, 6.45) is 1.50. The molecule has 0 saturated heterocycles. The zero-order valence-corrected chi connectivity index (χ0v) is 11.1. The molecule has 96 valence electrons. The largest absolute Gasteiger partial charge is 0.489 e. The molecule has 1 aromatic rings. The third kappa shape index (κ3) is 2.84. The van der Waals surface area contributed by atoms with Crippen LogP contribution in [0.5, 0.6) is 11.5 Å². The fourth-order valence-electron chi connectivity index (χ4n) is 1.67. The van der Waals surface area contributed by atoms with Gasteiger partial charge in [0.25, 0.3) is 0 Å². The molecule has 0 aromatic heterocycles. The summed E-state index contributed by atoms with van der Waals surface area (Å²) in [5.74, 6) is 1.16. The standard InChI is InChI=1S/C13H14ClNO3/c1-13(2)6-17-11-4-9(5-15-8-16)3-10(14)12(11)18-7-13/h3-4H,5-7H2,1-2H3. The second-order valence-electron chi connectivity index (χ2n) is 5.05. The molecule has 0 bridgehead atoms. The van der Waals surface area contributed by atoms with E-state index in [1.165, 1.54) is 6.08 Å². The Morgan fingerprint density at radius 3 is 2.83 bits per heavy atom. The summed E-state index contributed by atoms with van der Waals surface area (Å²) < 4.78 is 11.4. The molecular formula is C13H14ClNO3. The number of isocyanates is 1. The lowest BCUT2D eigenvalue weighted by atomic mass is 9.97. The summed E-state index contributed by atoms with van der Waals surface area (Å²) in [5.41, 5.74) is 0.731. The molecule has 0 N–H and O–H groups in total. The molecule has 0 unspecified atom stereocenters. The molecule has 5 heteroatoms. The molecule has 0 spiro atoms. The first-order valence-corrected chi connectivity index (χ1v) is 6.01. The van der Waals surface area contributed by atoms with E-state index >= 15 is 0 Å². The lowest BCUT2D eigenvalue weighted by molar-refractivity contribution is 0.140. The van der Waals surface area contributed by atoms with Gasteiger partial charge in [0.15, 0.2) is 11.5 Å². The highest BCUT2D eigenvalue weighted by molar-refractivity contribution is 6.32. The minimum atomic E-state index is -0.0660. The van der Waals surface area contributed by atoms with Gasteiger partial charge in [-0.2, -0.15) is 0 Å². The first-order chi connectivity index (χ1) is 8.52. The molecule has 0 saturated carbocycles. The molecule has 4 nitrogen and oxygen atoms in total. The van der Waals surface area contributed by atoms with Crippen molar-refractivity contribution in [2.24, 2.45) is 10.4 Å². The van der Waals surface area contributed by atoms with Crippen molar-refractivity contribution in [1.82, 2.24) is 0 Å². The number of rotatable bonds is 2. The van der Waals surface area contributed by atoms with Gasteiger partial charge in [0, 0.05) is 5.41 Å². The van der Waals surface area contributed by atoms with Crippen LogP contribution in [-0.4, -0.2) is 19.3 Å². The van der Waals surface area contributed by atoms with Crippen LogP contribution in [0.25, 0.3) is 0 Å². The number of carbonyl (C=O) groups excluding carboxylic acids is 1. The summed E-state index contributed by atoms with van der Waals surface area (Å²) in [6.45, 7) is 5.46. The average molecular weight is 268 g/mol. The van der Waals surface area contributed by atoms with Crippen molar-refractivity contribution in [2.75, 3.05) is 13.2 Å². The number of nitrogens with zero attached hydrogens (tertiary/aromatic N) is 1. The highest BCUT2D eigenvalue weighted by Crippen LogP contribution is 2.40. The van der Waals surface area contributed by atoms with Crippen LogP contribution in [0.2, 0.25) is 5.02 Å². The molecule has 1 heterocycles. The van der Waals surface area contributed by atoms with Crippen molar-refractivity contribution in [1.29, 1.82) is 0 Å². The summed E-state index contributed by atoms with van der Waals surface area (Å²) >= 11 is 6.15. The molecule has 2 rings (SSSR count). The lowest BCUT2D eigenvalue weighted by Crippen LogP contribution is -2.26. The second-order valence-corrected chi connectivity index (χ2v) is 5.46. The van der Waals surface area contributed by atoms with Crippen LogP contribution in [0, 0.1) is 5.41 Å². The van der Waals surface area contributed by atoms with Gasteiger partial charge < -0.3 is 9.47 Å². The molecular weight excluding hydrogens is 254 g/mol. The van der Waals surface area contributed by atoms with Crippen LogP contribution in [0.1, 0.15) is 19.4 Å². The monoisotopic (exact) mass is 267 g/mol. The maximum atomic E-state index is 10.1. The quantitative estimate of drug-likeness (QED) is 0.611. The molecule has 18 heavy (non-hydrogen) atoms. The van der Waals surface area contributed by atoms with Crippen molar-refractivity contribution in [3.63, 3.8) is 0 Å². The van der Waals surface area contributed by atoms with E-state index in [-0.39, 0.29) is 12.0 Å². The predicted molar refractivity (Wildman–Crippen MR) is 68.0 cm³/mol. The number of benzene rings is 1. The SMILES string of the molecule is CC1(C)COc2cc(CN=C=O)cc(Cl)c2OC1. The van der Waals surface area contributed by atoms with Gasteiger partial charge in [-0.3, -0.25) is 0 Å². The number of ether oxygens (including phenoxy) is 2. The molecule has 1 aliphatic rings. The molecule has 0 aliphatic carbocycles. The van der Waals surface area contributed by atoms with Crippen LogP contribution in [0.4, 0.5) is 0 Å². The lowest BCUT2D eigenvalue weighted by Gasteiger charge is -2.19. The molecule has 0 atom stereocenters. The van der Waals surface area contributed by atoms with Gasteiger partial charge in [-0.25, -0.2) is 9.79 Å². The smallest absolute Gasteiger partial charge is 0.235 e. The molecule has 1 aliphatic heterocycles. The van der Waals surface area contributed by atoms with E-state index < -0.39 is 0 Å². The maximum Gasteiger partial charge on any atom is 0.235 e. The van der Waals surface area contributed by atoms with Gasteiger partial charge in [0.05, 0.1) is 24.8 Å². The van der Waals surface area contributed by atoms with Gasteiger partial charge in [-0.1, -0.05) is 25.4 Å². The predicted octanol–water partition coefficient (Wildman–Crippen LogP) is 2.97. The normalized spacial score (nSPS) is 16.6. The number of hydrogen-bond acceptors (Lipinski definition) is 4. The van der Waals surface area contributed by atoms with Crippen molar-refractivity contribution in [3.05, 3.63) is 22.7 Å². The van der Waals surface area contributed by atoms with Crippen molar-refractivity contribution >= 4 is 17.7 Å². The zero-order valence-electron chi connectivity index (χ0n) is 10.3. The Morgan fingerprint density at radius 2 is 2.11 bits per heavy atom. The van der Waals surface area contributed by atoms with Crippen molar-refractivity contribution in [3.8, 4) is 11.5 Å². The summed E-state index contributed by atoms with van der Waals surface area (Å²) in [5, 5.41) is 0.473. The number of fused-ring (bicyclic) bond motifs is 1. The molecule has 0 amide bonds. The Morgan fingerprint density at radius 1 is 1.39 bits per heavy atom. The van der Waals surface area contributed by atoms with E-state index in [4.69, 9.17) is 21.1 Å². The highest BCUT2D eigenvalue weighted by Gasteiger charge is 2.26. The second kappa shape index (κ2) is 5.01. The number of hydrogen-bond donors (Lipinski definition) is 0. The Hall–Kier alpha value is -1.51. The average Bonchev–Trinajstić information content (AvgIpc) is 2.46. The van der Waals surface area contributed by atoms with Crippen LogP contribution in [0.3, 0.4) is 0 Å². The highest BCUT2D eigenvalue weighted by atomic mass is 35.5. The van der Waals surface area contributed by atoms with Gasteiger partial charge >= 0.3 is 0 Å². The van der Waals surface area contributed by atoms with E-state index in [0.29, 0.717) is 29.7 Å².